The van der Waals surface area contributed by atoms with Crippen molar-refractivity contribution in [2.45, 2.75) is 26.7 Å². The van der Waals surface area contributed by atoms with Crippen molar-refractivity contribution >= 4 is 29.4 Å². The van der Waals surface area contributed by atoms with Gasteiger partial charge in [-0.1, -0.05) is 49.7 Å². The number of benzene rings is 2. The van der Waals surface area contributed by atoms with Gasteiger partial charge in [-0.3, -0.25) is 4.79 Å². The van der Waals surface area contributed by atoms with Crippen molar-refractivity contribution in [3.63, 3.8) is 0 Å². The maximum atomic E-state index is 12.0. The van der Waals surface area contributed by atoms with E-state index in [1.54, 1.807) is 30.5 Å². The van der Waals surface area contributed by atoms with E-state index in [-0.39, 0.29) is 5.91 Å². The highest BCUT2D eigenvalue weighted by atomic mass is 35.5. The lowest BCUT2D eigenvalue weighted by Gasteiger charge is -2.23. The van der Waals surface area contributed by atoms with Crippen molar-refractivity contribution in [3.8, 4) is 0 Å². The predicted octanol–water partition coefficient (Wildman–Crippen LogP) is 4.73. The molecule has 0 saturated carbocycles. The maximum Gasteiger partial charge on any atom is 0.272 e. The van der Waals surface area contributed by atoms with Crippen LogP contribution in [-0.4, -0.2) is 25.2 Å². The van der Waals surface area contributed by atoms with Gasteiger partial charge in [0.1, 0.15) is 0 Å². The van der Waals surface area contributed by atoms with Gasteiger partial charge in [0.2, 0.25) is 0 Å². The van der Waals surface area contributed by atoms with E-state index in [1.807, 2.05) is 12.1 Å². The second-order valence-corrected chi connectivity index (χ2v) is 6.16. The lowest BCUT2D eigenvalue weighted by atomic mass is 10.2. The summed E-state index contributed by atoms with van der Waals surface area (Å²) in [6, 6.07) is 15.1. The highest BCUT2D eigenvalue weighted by molar-refractivity contribution is 6.33. The number of nitrogens with zero attached hydrogens (tertiary/aromatic N) is 2. The summed E-state index contributed by atoms with van der Waals surface area (Å²) in [5, 5.41) is 4.42. The van der Waals surface area contributed by atoms with Crippen LogP contribution in [0.5, 0.6) is 0 Å². The molecule has 0 aromatic heterocycles. The molecule has 0 bridgehead atoms. The normalized spacial score (nSPS) is 10.8. The quantitative estimate of drug-likeness (QED) is 0.548. The van der Waals surface area contributed by atoms with Crippen LogP contribution in [0.4, 0.5) is 5.69 Å². The number of hydrazone groups is 1. The molecule has 0 unspecified atom stereocenters. The summed E-state index contributed by atoms with van der Waals surface area (Å²) in [6.07, 6.45) is 3.87. The van der Waals surface area contributed by atoms with Crippen LogP contribution in [0.15, 0.2) is 53.6 Å². The molecule has 0 aliphatic heterocycles. The summed E-state index contributed by atoms with van der Waals surface area (Å²) >= 11 is 6.00. The van der Waals surface area contributed by atoms with Gasteiger partial charge in [0.05, 0.1) is 16.8 Å². The first-order valence-electron chi connectivity index (χ1n) is 8.58. The molecule has 0 fully saturated rings. The van der Waals surface area contributed by atoms with Crippen molar-refractivity contribution in [2.75, 3.05) is 18.0 Å². The van der Waals surface area contributed by atoms with Crippen LogP contribution in [-0.2, 0) is 0 Å². The summed E-state index contributed by atoms with van der Waals surface area (Å²) in [5.74, 6) is -0.324. The van der Waals surface area contributed by atoms with Crippen LogP contribution >= 0.6 is 11.6 Å². The highest BCUT2D eigenvalue weighted by Gasteiger charge is 2.08. The molecule has 0 aliphatic carbocycles. The van der Waals surface area contributed by atoms with Gasteiger partial charge < -0.3 is 4.90 Å². The second-order valence-electron chi connectivity index (χ2n) is 5.76. The number of hydrogen-bond acceptors (Lipinski definition) is 3. The van der Waals surface area contributed by atoms with E-state index in [1.165, 1.54) is 5.69 Å². The molecule has 4 nitrogen and oxygen atoms in total. The van der Waals surface area contributed by atoms with Crippen LogP contribution in [0.3, 0.4) is 0 Å². The average molecular weight is 358 g/mol. The molecule has 0 spiro atoms. The van der Waals surface area contributed by atoms with Crippen LogP contribution in [0.2, 0.25) is 5.02 Å². The Bertz CT molecular complexity index is 707. The van der Waals surface area contributed by atoms with E-state index in [9.17, 15) is 4.79 Å². The van der Waals surface area contributed by atoms with Gasteiger partial charge in [-0.05, 0) is 42.7 Å². The fraction of sp³-hybridized carbons (Fsp3) is 0.300. The van der Waals surface area contributed by atoms with Gasteiger partial charge in [-0.15, -0.1) is 0 Å². The Balaban J connectivity index is 1.97. The minimum absolute atomic E-state index is 0.324. The van der Waals surface area contributed by atoms with E-state index in [0.717, 1.165) is 31.5 Å². The number of carbonyl (C=O) groups excluding carboxylic acids is 1. The van der Waals surface area contributed by atoms with Gasteiger partial charge >= 0.3 is 0 Å². The predicted molar refractivity (Wildman–Crippen MR) is 106 cm³/mol. The van der Waals surface area contributed by atoms with E-state index in [0.29, 0.717) is 10.6 Å². The Morgan fingerprint density at radius 2 is 1.72 bits per heavy atom. The molecule has 1 amide bonds. The first-order chi connectivity index (χ1) is 12.2. The van der Waals surface area contributed by atoms with E-state index in [4.69, 9.17) is 11.6 Å². The first-order valence-corrected chi connectivity index (χ1v) is 8.96. The third-order valence-electron chi connectivity index (χ3n) is 3.74. The molecule has 0 saturated heterocycles. The van der Waals surface area contributed by atoms with Crippen molar-refractivity contribution in [2.24, 2.45) is 5.10 Å². The number of halogens is 1. The third kappa shape index (κ3) is 5.61. The van der Waals surface area contributed by atoms with Gasteiger partial charge in [0, 0.05) is 18.8 Å². The van der Waals surface area contributed by atoms with Crippen LogP contribution in [0.25, 0.3) is 0 Å². The molecule has 1 N–H and O–H groups in total. The Morgan fingerprint density at radius 3 is 2.32 bits per heavy atom. The van der Waals surface area contributed by atoms with Crippen molar-refractivity contribution < 1.29 is 4.79 Å². The standard InChI is InChI=1S/C20H24ClN3O/c1-3-13-24(14-4-2)17-11-9-16(10-12-17)15-22-23-20(25)18-7-5-6-8-19(18)21/h5-12,15H,3-4,13-14H2,1-2H3,(H,23,25)/b22-15+. The second kappa shape index (κ2) is 9.84. The van der Waals surface area contributed by atoms with Crippen molar-refractivity contribution in [3.05, 3.63) is 64.7 Å². The van der Waals surface area contributed by atoms with Crippen LogP contribution in [0, 0.1) is 0 Å². The highest BCUT2D eigenvalue weighted by Crippen LogP contribution is 2.16. The average Bonchev–Trinajstić information content (AvgIpc) is 2.62. The fourth-order valence-corrected chi connectivity index (χ4v) is 2.77. The molecular weight excluding hydrogens is 334 g/mol. The molecule has 5 heteroatoms. The topological polar surface area (TPSA) is 44.7 Å². The number of nitrogens with one attached hydrogen (secondary N) is 1. The molecule has 25 heavy (non-hydrogen) atoms. The Hall–Kier alpha value is -2.33. The van der Waals surface area contributed by atoms with Crippen molar-refractivity contribution in [1.82, 2.24) is 5.43 Å². The molecule has 0 heterocycles. The fourth-order valence-electron chi connectivity index (χ4n) is 2.55. The summed E-state index contributed by atoms with van der Waals surface area (Å²) < 4.78 is 0. The summed E-state index contributed by atoms with van der Waals surface area (Å²) in [6.45, 7) is 6.47. The molecular formula is C20H24ClN3O. The zero-order valence-electron chi connectivity index (χ0n) is 14.7. The number of hydrogen-bond donors (Lipinski definition) is 1. The van der Waals surface area contributed by atoms with Gasteiger partial charge in [-0.25, -0.2) is 5.43 Å². The molecule has 2 aromatic rings. The molecule has 2 rings (SSSR count). The minimum Gasteiger partial charge on any atom is -0.372 e. The third-order valence-corrected chi connectivity index (χ3v) is 4.07. The van der Waals surface area contributed by atoms with Crippen LogP contribution in [0.1, 0.15) is 42.6 Å². The molecule has 0 atom stereocenters. The zero-order valence-corrected chi connectivity index (χ0v) is 15.5. The van der Waals surface area contributed by atoms with Crippen molar-refractivity contribution in [1.29, 1.82) is 0 Å². The number of anilines is 1. The Labute approximate surface area is 154 Å². The number of amides is 1. The summed E-state index contributed by atoms with van der Waals surface area (Å²) in [5.41, 5.74) is 5.05. The number of carbonyl (C=O) groups is 1. The zero-order chi connectivity index (χ0) is 18.1. The molecule has 2 aromatic carbocycles. The van der Waals surface area contributed by atoms with Crippen LogP contribution < -0.4 is 10.3 Å². The van der Waals surface area contributed by atoms with E-state index in [2.05, 4.69) is 41.4 Å². The largest absolute Gasteiger partial charge is 0.372 e. The smallest absolute Gasteiger partial charge is 0.272 e. The molecule has 132 valence electrons. The van der Waals surface area contributed by atoms with E-state index < -0.39 is 0 Å². The Kier molecular flexibility index (Phi) is 7.48. The van der Waals surface area contributed by atoms with Gasteiger partial charge in [0.15, 0.2) is 0 Å². The van der Waals surface area contributed by atoms with E-state index >= 15 is 0 Å². The summed E-state index contributed by atoms with van der Waals surface area (Å²) in [4.78, 5) is 14.4. The lowest BCUT2D eigenvalue weighted by Crippen LogP contribution is -2.24. The summed E-state index contributed by atoms with van der Waals surface area (Å²) in [7, 11) is 0. The SMILES string of the molecule is CCCN(CCC)c1ccc(/C=N/NC(=O)c2ccccc2Cl)cc1. The lowest BCUT2D eigenvalue weighted by molar-refractivity contribution is 0.0955. The molecule has 0 aliphatic rings. The van der Waals surface area contributed by atoms with Gasteiger partial charge in [-0.2, -0.15) is 5.10 Å². The number of rotatable bonds is 8. The molecule has 0 radical (unpaired) electrons. The first kappa shape index (κ1) is 19.0. The maximum absolute atomic E-state index is 12.0. The Morgan fingerprint density at radius 1 is 1.08 bits per heavy atom. The monoisotopic (exact) mass is 357 g/mol. The minimum atomic E-state index is -0.324. The van der Waals surface area contributed by atoms with Gasteiger partial charge in [0.25, 0.3) is 5.91 Å².